The molecule has 0 radical (unpaired) electrons. The van der Waals surface area contributed by atoms with E-state index in [1.165, 1.54) is 4.90 Å². The van der Waals surface area contributed by atoms with Crippen LogP contribution in [0.3, 0.4) is 0 Å². The predicted octanol–water partition coefficient (Wildman–Crippen LogP) is 2.75. The Bertz CT molecular complexity index is 534. The molecule has 0 saturated heterocycles. The minimum Gasteiger partial charge on any atom is -0.395 e. The van der Waals surface area contributed by atoms with Crippen molar-refractivity contribution in [3.63, 3.8) is 0 Å². The lowest BCUT2D eigenvalue weighted by Crippen LogP contribution is -2.27. The zero-order chi connectivity index (χ0) is 13.7. The number of hydrogen-bond donors (Lipinski definition) is 2. The van der Waals surface area contributed by atoms with Gasteiger partial charge in [-0.15, -0.1) is 24.2 Å². The van der Waals surface area contributed by atoms with Gasteiger partial charge in [-0.25, -0.2) is 0 Å². The molecule has 2 rings (SSSR count). The minimum absolute atomic E-state index is 0. The number of aliphatic hydroxyl groups is 1. The number of nitrogens with zero attached hydrogens (tertiary/aromatic N) is 1. The number of rotatable bonds is 5. The summed E-state index contributed by atoms with van der Waals surface area (Å²) in [6, 6.07) is 14.0. The molecule has 0 spiro atoms. The smallest absolute Gasteiger partial charge is 0.0705 e. The molecule has 108 valence electrons. The molecular formula is C15H19ClN2OS. The lowest BCUT2D eigenvalue weighted by atomic mass is 10.1. The van der Waals surface area contributed by atoms with Gasteiger partial charge < -0.3 is 10.8 Å². The van der Waals surface area contributed by atoms with Crippen molar-refractivity contribution in [1.82, 2.24) is 4.98 Å². The lowest BCUT2D eigenvalue weighted by Gasteiger charge is -2.09. The molecule has 3 nitrogen and oxygen atoms in total. The van der Waals surface area contributed by atoms with Crippen molar-refractivity contribution < 1.29 is 5.11 Å². The molecule has 0 aliphatic carbocycles. The Morgan fingerprint density at radius 3 is 2.50 bits per heavy atom. The van der Waals surface area contributed by atoms with Crippen LogP contribution < -0.4 is 5.73 Å². The Hall–Kier alpha value is -1.07. The van der Waals surface area contributed by atoms with Gasteiger partial charge in [-0.2, -0.15) is 0 Å². The summed E-state index contributed by atoms with van der Waals surface area (Å²) in [6.07, 6.45) is 2.65. The van der Waals surface area contributed by atoms with E-state index in [0.717, 1.165) is 17.0 Å². The Morgan fingerprint density at radius 1 is 1.20 bits per heavy atom. The molecule has 1 atom stereocenters. The maximum absolute atomic E-state index is 8.99. The third-order valence-corrected chi connectivity index (χ3v) is 3.64. The first-order valence-corrected chi connectivity index (χ1v) is 7.42. The van der Waals surface area contributed by atoms with Gasteiger partial charge in [0.2, 0.25) is 0 Å². The molecule has 2 aromatic rings. The average Bonchev–Trinajstić information content (AvgIpc) is 2.47. The summed E-state index contributed by atoms with van der Waals surface area (Å²) in [6.45, 7) is -0.0195. The summed E-state index contributed by atoms with van der Waals surface area (Å²) in [7, 11) is 0. The zero-order valence-corrected chi connectivity index (χ0v) is 13.0. The zero-order valence-electron chi connectivity index (χ0n) is 11.3. The summed E-state index contributed by atoms with van der Waals surface area (Å²) in [5.41, 5.74) is 8.68. The number of benzene rings is 1. The SMILES string of the molecule is CSc1ccc(-c2cccc(CC(N)CO)n2)cc1.Cl. The van der Waals surface area contributed by atoms with Crippen LogP contribution in [0.15, 0.2) is 47.4 Å². The molecule has 0 aliphatic rings. The molecule has 1 aromatic carbocycles. The van der Waals surface area contributed by atoms with E-state index in [-0.39, 0.29) is 25.1 Å². The van der Waals surface area contributed by atoms with E-state index in [1.54, 1.807) is 11.8 Å². The molecule has 0 fully saturated rings. The van der Waals surface area contributed by atoms with Crippen molar-refractivity contribution in [2.75, 3.05) is 12.9 Å². The van der Waals surface area contributed by atoms with Crippen LogP contribution in [0.2, 0.25) is 0 Å². The van der Waals surface area contributed by atoms with Crippen molar-refractivity contribution in [1.29, 1.82) is 0 Å². The molecule has 1 aromatic heterocycles. The van der Waals surface area contributed by atoms with Crippen molar-refractivity contribution >= 4 is 24.2 Å². The van der Waals surface area contributed by atoms with E-state index < -0.39 is 0 Å². The molecule has 0 bridgehead atoms. The molecule has 0 aliphatic heterocycles. The van der Waals surface area contributed by atoms with Crippen molar-refractivity contribution in [2.45, 2.75) is 17.4 Å². The third kappa shape index (κ3) is 4.49. The number of halogens is 1. The predicted molar refractivity (Wildman–Crippen MR) is 87.5 cm³/mol. The maximum atomic E-state index is 8.99. The number of aromatic nitrogens is 1. The number of pyridine rings is 1. The molecule has 0 amide bonds. The fourth-order valence-electron chi connectivity index (χ4n) is 1.85. The first-order valence-electron chi connectivity index (χ1n) is 6.19. The highest BCUT2D eigenvalue weighted by atomic mass is 35.5. The topological polar surface area (TPSA) is 59.1 Å². The van der Waals surface area contributed by atoms with Gasteiger partial charge in [0.1, 0.15) is 0 Å². The highest BCUT2D eigenvalue weighted by Crippen LogP contribution is 2.21. The van der Waals surface area contributed by atoms with Crippen LogP contribution in [-0.4, -0.2) is 29.0 Å². The average molecular weight is 311 g/mol. The number of thioether (sulfide) groups is 1. The van der Waals surface area contributed by atoms with E-state index in [9.17, 15) is 0 Å². The van der Waals surface area contributed by atoms with E-state index in [0.29, 0.717) is 6.42 Å². The lowest BCUT2D eigenvalue weighted by molar-refractivity contribution is 0.264. The molecule has 0 saturated carbocycles. The van der Waals surface area contributed by atoms with Crippen molar-refractivity contribution in [2.24, 2.45) is 5.73 Å². The summed E-state index contributed by atoms with van der Waals surface area (Å²) in [5.74, 6) is 0. The van der Waals surface area contributed by atoms with Gasteiger partial charge in [-0.05, 0) is 30.5 Å². The third-order valence-electron chi connectivity index (χ3n) is 2.90. The van der Waals surface area contributed by atoms with Gasteiger partial charge in [0.05, 0.1) is 12.3 Å². The summed E-state index contributed by atoms with van der Waals surface area (Å²) in [5, 5.41) is 8.99. The van der Waals surface area contributed by atoms with Gasteiger partial charge in [-0.3, -0.25) is 4.98 Å². The van der Waals surface area contributed by atoms with Crippen LogP contribution in [0, 0.1) is 0 Å². The number of nitrogens with two attached hydrogens (primary N) is 1. The Labute approximate surface area is 130 Å². The second kappa shape index (κ2) is 8.27. The highest BCUT2D eigenvalue weighted by Gasteiger charge is 2.05. The van der Waals surface area contributed by atoms with Gasteiger partial charge in [-0.1, -0.05) is 18.2 Å². The van der Waals surface area contributed by atoms with Crippen LogP contribution in [0.25, 0.3) is 11.3 Å². The van der Waals surface area contributed by atoms with Crippen LogP contribution in [0.1, 0.15) is 5.69 Å². The molecule has 20 heavy (non-hydrogen) atoms. The fraction of sp³-hybridized carbons (Fsp3) is 0.267. The second-order valence-electron chi connectivity index (χ2n) is 4.39. The van der Waals surface area contributed by atoms with Crippen molar-refractivity contribution in [3.8, 4) is 11.3 Å². The minimum atomic E-state index is -0.249. The standard InChI is InChI=1S/C15H18N2OS.ClH/c1-19-14-7-5-11(6-8-14)15-4-2-3-13(17-15)9-12(16)10-18;/h2-8,12,18H,9-10,16H2,1H3;1H. The van der Waals surface area contributed by atoms with Crippen LogP contribution >= 0.6 is 24.2 Å². The van der Waals surface area contributed by atoms with E-state index >= 15 is 0 Å². The summed E-state index contributed by atoms with van der Waals surface area (Å²) in [4.78, 5) is 5.83. The Kier molecular flexibility index (Phi) is 7.02. The molecular weight excluding hydrogens is 292 g/mol. The van der Waals surface area contributed by atoms with Crippen molar-refractivity contribution in [3.05, 3.63) is 48.2 Å². The van der Waals surface area contributed by atoms with Gasteiger partial charge in [0, 0.05) is 28.6 Å². The molecule has 1 unspecified atom stereocenters. The normalized spacial score (nSPS) is 11.8. The number of hydrogen-bond acceptors (Lipinski definition) is 4. The Morgan fingerprint density at radius 2 is 1.90 bits per heavy atom. The van der Waals surface area contributed by atoms with Gasteiger partial charge in [0.15, 0.2) is 0 Å². The second-order valence-corrected chi connectivity index (χ2v) is 5.27. The molecule has 1 heterocycles. The van der Waals surface area contributed by atoms with Gasteiger partial charge >= 0.3 is 0 Å². The van der Waals surface area contributed by atoms with E-state index in [2.05, 4.69) is 35.5 Å². The monoisotopic (exact) mass is 310 g/mol. The summed E-state index contributed by atoms with van der Waals surface area (Å²) >= 11 is 1.72. The van der Waals surface area contributed by atoms with Crippen LogP contribution in [0.4, 0.5) is 0 Å². The van der Waals surface area contributed by atoms with E-state index in [4.69, 9.17) is 10.8 Å². The van der Waals surface area contributed by atoms with E-state index in [1.807, 2.05) is 18.2 Å². The number of aliphatic hydroxyl groups excluding tert-OH is 1. The van der Waals surface area contributed by atoms with Gasteiger partial charge in [0.25, 0.3) is 0 Å². The fourth-order valence-corrected chi connectivity index (χ4v) is 2.26. The summed E-state index contributed by atoms with van der Waals surface area (Å²) < 4.78 is 0. The molecule has 5 heteroatoms. The quantitative estimate of drug-likeness (QED) is 0.834. The molecule has 3 N–H and O–H groups in total. The Balaban J connectivity index is 0.00000200. The largest absolute Gasteiger partial charge is 0.395 e. The first-order chi connectivity index (χ1) is 9.22. The first kappa shape index (κ1) is 17.0. The van der Waals surface area contributed by atoms with Crippen LogP contribution in [0.5, 0.6) is 0 Å². The maximum Gasteiger partial charge on any atom is 0.0705 e. The van der Waals surface area contributed by atoms with Crippen LogP contribution in [-0.2, 0) is 6.42 Å². The highest BCUT2D eigenvalue weighted by molar-refractivity contribution is 7.98.